The van der Waals surface area contributed by atoms with E-state index in [1.807, 2.05) is 0 Å². The van der Waals surface area contributed by atoms with E-state index in [1.165, 1.54) is 7.11 Å². The van der Waals surface area contributed by atoms with Gasteiger partial charge in [-0.25, -0.2) is 0 Å². The maximum atomic E-state index is 10.7. The second kappa shape index (κ2) is 4.08. The summed E-state index contributed by atoms with van der Waals surface area (Å²) in [6, 6.07) is 0. The Kier molecular flexibility index (Phi) is 3.74. The number of rotatable bonds is 4. The largest absolute Gasteiger partial charge is 0.433 e. The number of carbonyl (C=O) groups is 2. The third kappa shape index (κ3) is 4.50. The molecule has 4 heteroatoms. The van der Waals surface area contributed by atoms with Crippen molar-refractivity contribution in [3.8, 4) is 0 Å². The number of carbonyl (C=O) groups excluding carboxylic acids is 2. The topological polar surface area (TPSA) is 52.6 Å². The van der Waals surface area contributed by atoms with E-state index in [1.54, 1.807) is 13.8 Å². The van der Waals surface area contributed by atoms with Gasteiger partial charge < -0.3 is 14.3 Å². The molecule has 0 atom stereocenters. The number of hydrogen-bond donors (Lipinski definition) is 0. The van der Waals surface area contributed by atoms with Gasteiger partial charge in [-0.2, -0.15) is 0 Å². The third-order valence-electron chi connectivity index (χ3n) is 1.10. The molecule has 0 N–H and O–H groups in total. The fourth-order valence-corrected chi connectivity index (χ4v) is 0.426. The van der Waals surface area contributed by atoms with Crippen LogP contribution in [0.5, 0.6) is 0 Å². The number of methoxy groups -OCH3 is 1. The zero-order valence-electron chi connectivity index (χ0n) is 6.92. The quantitative estimate of drug-likeness (QED) is 0.260. The lowest BCUT2D eigenvalue weighted by Gasteiger charge is -2.22. The monoisotopic (exact) mass is 160 g/mol. The molecule has 0 aliphatic rings. The molecular formula is C7H12O4. The van der Waals surface area contributed by atoms with Crippen molar-refractivity contribution < 1.29 is 19.1 Å². The van der Waals surface area contributed by atoms with Gasteiger partial charge in [0.15, 0.2) is 0 Å². The zero-order valence-corrected chi connectivity index (χ0v) is 6.92. The van der Waals surface area contributed by atoms with E-state index >= 15 is 0 Å². The molecule has 0 bridgehead atoms. The minimum Gasteiger partial charge on any atom is -0.433 e. The molecule has 0 amide bonds. The van der Waals surface area contributed by atoms with Crippen molar-refractivity contribution in [2.45, 2.75) is 26.1 Å². The standard InChI is InChI=1S/C7H12O4/c1-7(2,10-3)11-6(9)4-5-8/h5H,4H2,1-3H3. The predicted octanol–water partition coefficient (Wildman–Crippen LogP) is 0.501. The van der Waals surface area contributed by atoms with Gasteiger partial charge in [0.1, 0.15) is 12.7 Å². The molecule has 0 fully saturated rings. The normalized spacial score (nSPS) is 10.8. The molecule has 0 aromatic carbocycles. The summed E-state index contributed by atoms with van der Waals surface area (Å²) >= 11 is 0. The van der Waals surface area contributed by atoms with Gasteiger partial charge in [-0.3, -0.25) is 4.79 Å². The summed E-state index contributed by atoms with van der Waals surface area (Å²) in [7, 11) is 1.42. The first kappa shape index (κ1) is 10.1. The van der Waals surface area contributed by atoms with Crippen LogP contribution in [0.1, 0.15) is 20.3 Å². The van der Waals surface area contributed by atoms with Crippen LogP contribution in [0, 0.1) is 0 Å². The van der Waals surface area contributed by atoms with Crippen LogP contribution in [-0.4, -0.2) is 25.2 Å². The van der Waals surface area contributed by atoms with Crippen LogP contribution in [0.4, 0.5) is 0 Å². The molecule has 0 spiro atoms. The predicted molar refractivity (Wildman–Crippen MR) is 37.9 cm³/mol. The van der Waals surface area contributed by atoms with E-state index in [-0.39, 0.29) is 6.42 Å². The van der Waals surface area contributed by atoms with Gasteiger partial charge in [0.2, 0.25) is 5.79 Å². The van der Waals surface area contributed by atoms with Gasteiger partial charge in [0, 0.05) is 21.0 Å². The first-order valence-corrected chi connectivity index (χ1v) is 3.22. The summed E-state index contributed by atoms with van der Waals surface area (Å²) in [6.45, 7) is 3.19. The van der Waals surface area contributed by atoms with Gasteiger partial charge in [0.25, 0.3) is 0 Å². The fraction of sp³-hybridized carbons (Fsp3) is 0.714. The van der Waals surface area contributed by atoms with Crippen molar-refractivity contribution in [1.82, 2.24) is 0 Å². The number of hydrogen-bond acceptors (Lipinski definition) is 4. The Balaban J connectivity index is 3.82. The fourth-order valence-electron chi connectivity index (χ4n) is 0.426. The van der Waals surface area contributed by atoms with Crippen LogP contribution in [0.25, 0.3) is 0 Å². The maximum Gasteiger partial charge on any atom is 0.315 e. The number of aldehydes is 1. The molecule has 11 heavy (non-hydrogen) atoms. The zero-order chi connectivity index (χ0) is 8.91. The molecule has 0 rings (SSSR count). The smallest absolute Gasteiger partial charge is 0.315 e. The summed E-state index contributed by atoms with van der Waals surface area (Å²) in [4.78, 5) is 20.5. The third-order valence-corrected chi connectivity index (χ3v) is 1.10. The van der Waals surface area contributed by atoms with Crippen molar-refractivity contribution in [2.75, 3.05) is 7.11 Å². The second-order valence-electron chi connectivity index (χ2n) is 2.45. The molecule has 0 saturated carbocycles. The summed E-state index contributed by atoms with van der Waals surface area (Å²) in [6.07, 6.45) is 0.265. The SMILES string of the molecule is COC(C)(C)OC(=O)CC=O. The lowest BCUT2D eigenvalue weighted by molar-refractivity contribution is -0.205. The van der Waals surface area contributed by atoms with Gasteiger partial charge >= 0.3 is 5.97 Å². The highest BCUT2D eigenvalue weighted by Gasteiger charge is 2.20. The van der Waals surface area contributed by atoms with Gasteiger partial charge in [-0.05, 0) is 0 Å². The lowest BCUT2D eigenvalue weighted by atomic mass is 10.4. The summed E-state index contributed by atoms with van der Waals surface area (Å²) in [5.41, 5.74) is 0. The molecule has 0 saturated heterocycles. The van der Waals surface area contributed by atoms with Gasteiger partial charge in [-0.1, -0.05) is 0 Å². The van der Waals surface area contributed by atoms with Crippen molar-refractivity contribution in [2.24, 2.45) is 0 Å². The van der Waals surface area contributed by atoms with E-state index in [0.29, 0.717) is 6.29 Å². The lowest BCUT2D eigenvalue weighted by Crippen LogP contribution is -2.29. The molecule has 0 unspecified atom stereocenters. The van der Waals surface area contributed by atoms with Crippen molar-refractivity contribution in [1.29, 1.82) is 0 Å². The Morgan fingerprint density at radius 3 is 2.45 bits per heavy atom. The van der Waals surface area contributed by atoms with Crippen LogP contribution in [-0.2, 0) is 19.1 Å². The minimum absolute atomic E-state index is 0.229. The van der Waals surface area contributed by atoms with E-state index in [0.717, 1.165) is 0 Å². The molecule has 0 heterocycles. The highest BCUT2D eigenvalue weighted by atomic mass is 16.7. The second-order valence-corrected chi connectivity index (χ2v) is 2.45. The highest BCUT2D eigenvalue weighted by molar-refractivity contribution is 5.83. The van der Waals surface area contributed by atoms with Crippen molar-refractivity contribution >= 4 is 12.3 Å². The Morgan fingerprint density at radius 2 is 2.09 bits per heavy atom. The van der Waals surface area contributed by atoms with Crippen LogP contribution < -0.4 is 0 Å². The Labute approximate surface area is 65.5 Å². The summed E-state index contributed by atoms with van der Waals surface area (Å²) < 4.78 is 9.53. The molecule has 64 valence electrons. The summed E-state index contributed by atoms with van der Waals surface area (Å²) in [5, 5.41) is 0. The maximum absolute atomic E-state index is 10.7. The van der Waals surface area contributed by atoms with E-state index in [9.17, 15) is 9.59 Å². The molecule has 0 aromatic rings. The molecule has 0 aliphatic heterocycles. The van der Waals surface area contributed by atoms with Gasteiger partial charge in [-0.15, -0.1) is 0 Å². The van der Waals surface area contributed by atoms with Crippen LogP contribution >= 0.6 is 0 Å². The van der Waals surface area contributed by atoms with Crippen molar-refractivity contribution in [3.05, 3.63) is 0 Å². The first-order chi connectivity index (χ1) is 5.02. The van der Waals surface area contributed by atoms with E-state index in [4.69, 9.17) is 9.47 Å². The van der Waals surface area contributed by atoms with Gasteiger partial charge in [0.05, 0.1) is 0 Å². The first-order valence-electron chi connectivity index (χ1n) is 3.22. The molecule has 0 aliphatic carbocycles. The number of esters is 1. The molecule has 0 aromatic heterocycles. The Morgan fingerprint density at radius 1 is 1.55 bits per heavy atom. The van der Waals surface area contributed by atoms with Crippen LogP contribution in [0.15, 0.2) is 0 Å². The molecule has 0 radical (unpaired) electrons. The Hall–Kier alpha value is -0.900. The van der Waals surface area contributed by atoms with Crippen LogP contribution in [0.2, 0.25) is 0 Å². The van der Waals surface area contributed by atoms with E-state index < -0.39 is 11.8 Å². The highest BCUT2D eigenvalue weighted by Crippen LogP contribution is 2.09. The number of ether oxygens (including phenoxy) is 2. The van der Waals surface area contributed by atoms with E-state index in [2.05, 4.69) is 0 Å². The average Bonchev–Trinajstić information content (AvgIpc) is 1.87. The van der Waals surface area contributed by atoms with Crippen molar-refractivity contribution in [3.63, 3.8) is 0 Å². The minimum atomic E-state index is -0.944. The molecule has 4 nitrogen and oxygen atoms in total. The Bertz CT molecular complexity index is 151. The average molecular weight is 160 g/mol. The summed E-state index contributed by atoms with van der Waals surface area (Å²) in [5.74, 6) is -1.52. The van der Waals surface area contributed by atoms with Crippen LogP contribution in [0.3, 0.4) is 0 Å². The molecular weight excluding hydrogens is 148 g/mol.